The van der Waals surface area contributed by atoms with Gasteiger partial charge in [0.1, 0.15) is 0 Å². The number of carbonyl (C=O) groups is 1. The molecule has 1 spiro atoms. The third kappa shape index (κ3) is 1.80. The first-order chi connectivity index (χ1) is 10.1. The molecule has 21 heavy (non-hydrogen) atoms. The molecule has 1 amide bonds. The van der Waals surface area contributed by atoms with Gasteiger partial charge in [0.05, 0.1) is 5.54 Å². The monoisotopic (exact) mass is 324 g/mol. The Bertz CT molecular complexity index is 617. The first kappa shape index (κ1) is 13.6. The van der Waals surface area contributed by atoms with Crippen LogP contribution in [0.4, 0.5) is 0 Å². The minimum atomic E-state index is -0.245. The van der Waals surface area contributed by atoms with E-state index in [0.29, 0.717) is 6.42 Å². The van der Waals surface area contributed by atoms with Gasteiger partial charge in [-0.25, -0.2) is 0 Å². The van der Waals surface area contributed by atoms with Gasteiger partial charge in [-0.2, -0.15) is 0 Å². The van der Waals surface area contributed by atoms with E-state index in [1.807, 2.05) is 16.7 Å². The molecule has 0 N–H and O–H groups in total. The minimum Gasteiger partial charge on any atom is -0.331 e. The summed E-state index contributed by atoms with van der Waals surface area (Å²) in [4.78, 5) is 27.8. The SMILES string of the molecule is O=C1C[C@H]2[C@H](C[N+](=O)[O-])CC[C@]23c2sccc2SCCN13. The van der Waals surface area contributed by atoms with Gasteiger partial charge in [-0.05, 0) is 24.3 Å². The Morgan fingerprint density at radius 1 is 1.52 bits per heavy atom. The van der Waals surface area contributed by atoms with E-state index in [1.165, 1.54) is 9.77 Å². The van der Waals surface area contributed by atoms with Crippen LogP contribution in [0.25, 0.3) is 0 Å². The molecule has 3 atom stereocenters. The molecular weight excluding hydrogens is 308 g/mol. The summed E-state index contributed by atoms with van der Waals surface area (Å²) in [6, 6.07) is 2.14. The zero-order valence-electron chi connectivity index (χ0n) is 11.5. The highest BCUT2D eigenvalue weighted by atomic mass is 32.2. The highest BCUT2D eigenvalue weighted by molar-refractivity contribution is 7.99. The second-order valence-electron chi connectivity index (χ2n) is 6.06. The number of nitrogens with zero attached hydrogens (tertiary/aromatic N) is 2. The first-order valence-electron chi connectivity index (χ1n) is 7.26. The Morgan fingerprint density at radius 2 is 2.38 bits per heavy atom. The molecule has 0 unspecified atom stereocenters. The van der Waals surface area contributed by atoms with Crippen molar-refractivity contribution in [3.63, 3.8) is 0 Å². The molecule has 7 heteroatoms. The van der Waals surface area contributed by atoms with E-state index < -0.39 is 0 Å². The van der Waals surface area contributed by atoms with Crippen molar-refractivity contribution in [1.29, 1.82) is 0 Å². The second kappa shape index (κ2) is 4.71. The highest BCUT2D eigenvalue weighted by Crippen LogP contribution is 2.60. The molecule has 3 heterocycles. The number of nitro groups is 1. The van der Waals surface area contributed by atoms with Crippen LogP contribution >= 0.6 is 23.1 Å². The van der Waals surface area contributed by atoms with Crippen molar-refractivity contribution >= 4 is 29.0 Å². The fourth-order valence-corrected chi connectivity index (χ4v) is 6.95. The summed E-state index contributed by atoms with van der Waals surface area (Å²) in [7, 11) is 0. The Kier molecular flexibility index (Phi) is 3.04. The van der Waals surface area contributed by atoms with Crippen LogP contribution in [0.15, 0.2) is 16.3 Å². The van der Waals surface area contributed by atoms with Gasteiger partial charge in [0.25, 0.3) is 0 Å². The van der Waals surface area contributed by atoms with Crippen molar-refractivity contribution in [2.75, 3.05) is 18.8 Å². The van der Waals surface area contributed by atoms with Crippen molar-refractivity contribution in [2.45, 2.75) is 29.7 Å². The zero-order chi connectivity index (χ0) is 14.6. The molecule has 1 saturated carbocycles. The summed E-state index contributed by atoms with van der Waals surface area (Å²) in [5.74, 6) is 1.26. The zero-order valence-corrected chi connectivity index (χ0v) is 13.1. The van der Waals surface area contributed by atoms with Gasteiger partial charge in [0.15, 0.2) is 0 Å². The number of rotatable bonds is 2. The average Bonchev–Trinajstić information content (AvgIpc) is 3.05. The Labute approximate surface area is 130 Å². The summed E-state index contributed by atoms with van der Waals surface area (Å²) in [5.41, 5.74) is -0.245. The Morgan fingerprint density at radius 3 is 3.19 bits per heavy atom. The first-order valence-corrected chi connectivity index (χ1v) is 9.12. The number of hydrogen-bond acceptors (Lipinski definition) is 5. The lowest BCUT2D eigenvalue weighted by molar-refractivity contribution is -0.489. The Hall–Kier alpha value is -1.08. The van der Waals surface area contributed by atoms with Crippen LogP contribution < -0.4 is 0 Å². The predicted octanol–water partition coefficient (Wildman–Crippen LogP) is 2.58. The third-order valence-corrected chi connectivity index (χ3v) is 7.48. The van der Waals surface area contributed by atoms with Gasteiger partial charge in [-0.3, -0.25) is 14.9 Å². The topological polar surface area (TPSA) is 63.4 Å². The van der Waals surface area contributed by atoms with Crippen molar-refractivity contribution in [3.8, 4) is 0 Å². The maximum Gasteiger partial charge on any atom is 0.223 e. The lowest BCUT2D eigenvalue weighted by Crippen LogP contribution is -2.44. The molecule has 3 aliphatic rings. The van der Waals surface area contributed by atoms with Gasteiger partial charge in [-0.15, -0.1) is 23.1 Å². The molecule has 1 saturated heterocycles. The molecule has 5 nitrogen and oxygen atoms in total. The molecular formula is C14H16N2O3S2. The summed E-state index contributed by atoms with van der Waals surface area (Å²) in [5, 5.41) is 13.0. The predicted molar refractivity (Wildman–Crippen MR) is 81.1 cm³/mol. The number of amides is 1. The summed E-state index contributed by atoms with van der Waals surface area (Å²) in [6.45, 7) is 0.772. The van der Waals surface area contributed by atoms with Gasteiger partial charge in [0, 0.05) is 45.3 Å². The second-order valence-corrected chi connectivity index (χ2v) is 8.11. The lowest BCUT2D eigenvalue weighted by atomic mass is 9.82. The van der Waals surface area contributed by atoms with Crippen LogP contribution in [-0.4, -0.2) is 34.6 Å². The molecule has 2 fully saturated rings. The van der Waals surface area contributed by atoms with E-state index in [-0.39, 0.29) is 34.7 Å². The fourth-order valence-electron chi connectivity index (χ4n) is 4.49. The van der Waals surface area contributed by atoms with Crippen LogP contribution in [0, 0.1) is 22.0 Å². The smallest absolute Gasteiger partial charge is 0.223 e. The van der Waals surface area contributed by atoms with Gasteiger partial charge in [0.2, 0.25) is 12.5 Å². The van der Waals surface area contributed by atoms with E-state index in [2.05, 4.69) is 11.4 Å². The lowest BCUT2D eigenvalue weighted by Gasteiger charge is -2.37. The van der Waals surface area contributed by atoms with Crippen molar-refractivity contribution in [2.24, 2.45) is 11.8 Å². The van der Waals surface area contributed by atoms with Crippen molar-refractivity contribution in [3.05, 3.63) is 26.4 Å². The van der Waals surface area contributed by atoms with Crippen LogP contribution in [0.2, 0.25) is 0 Å². The van der Waals surface area contributed by atoms with E-state index in [0.717, 1.165) is 25.1 Å². The fraction of sp³-hybridized carbons (Fsp3) is 0.643. The largest absolute Gasteiger partial charge is 0.331 e. The molecule has 4 rings (SSSR count). The summed E-state index contributed by atoms with van der Waals surface area (Å²) >= 11 is 3.54. The molecule has 0 bridgehead atoms. The standard InChI is InChI=1S/C14H16N2O3S2/c17-12-7-10-9(8-16(18)19)1-3-14(10)13-11(2-5-21-13)20-6-4-15(12)14/h2,5,9-10H,1,3-4,6-8H2/t9-,10-,14+/m0/s1. The van der Waals surface area contributed by atoms with Gasteiger partial charge < -0.3 is 4.90 Å². The summed E-state index contributed by atoms with van der Waals surface area (Å²) < 4.78 is 0. The molecule has 1 aliphatic carbocycles. The minimum absolute atomic E-state index is 0.00138. The number of hydrogen-bond donors (Lipinski definition) is 0. The van der Waals surface area contributed by atoms with Crippen LogP contribution in [0.1, 0.15) is 24.1 Å². The van der Waals surface area contributed by atoms with Crippen molar-refractivity contribution < 1.29 is 9.72 Å². The van der Waals surface area contributed by atoms with Crippen LogP contribution in [0.3, 0.4) is 0 Å². The third-order valence-electron chi connectivity index (χ3n) is 5.23. The number of thiophene rings is 1. The highest BCUT2D eigenvalue weighted by Gasteiger charge is 2.62. The van der Waals surface area contributed by atoms with Gasteiger partial charge in [-0.1, -0.05) is 0 Å². The molecule has 0 aromatic carbocycles. The van der Waals surface area contributed by atoms with Crippen LogP contribution in [0.5, 0.6) is 0 Å². The van der Waals surface area contributed by atoms with Crippen LogP contribution in [-0.2, 0) is 10.3 Å². The Balaban J connectivity index is 1.81. The number of carbonyl (C=O) groups excluding carboxylic acids is 1. The average molecular weight is 324 g/mol. The maximum absolute atomic E-state index is 12.5. The molecule has 1 aromatic rings. The van der Waals surface area contributed by atoms with Crippen molar-refractivity contribution in [1.82, 2.24) is 4.90 Å². The van der Waals surface area contributed by atoms with E-state index >= 15 is 0 Å². The molecule has 1 aromatic heterocycles. The number of fused-ring (bicyclic) bond motifs is 1. The number of thioether (sulfide) groups is 1. The quantitative estimate of drug-likeness (QED) is 0.619. The van der Waals surface area contributed by atoms with E-state index in [9.17, 15) is 14.9 Å². The maximum atomic E-state index is 12.5. The summed E-state index contributed by atoms with van der Waals surface area (Å²) in [6.07, 6.45) is 2.23. The van der Waals surface area contributed by atoms with E-state index in [4.69, 9.17) is 0 Å². The molecule has 2 aliphatic heterocycles. The normalized spacial score (nSPS) is 34.3. The molecule has 112 valence electrons. The molecule has 0 radical (unpaired) electrons. The van der Waals surface area contributed by atoms with Gasteiger partial charge >= 0.3 is 0 Å². The van der Waals surface area contributed by atoms with E-state index in [1.54, 1.807) is 11.3 Å².